The van der Waals surface area contributed by atoms with Gasteiger partial charge in [-0.1, -0.05) is 30.3 Å². The maximum absolute atomic E-state index is 13.8. The molecule has 2 aliphatic rings. The molecule has 3 aromatic rings. The van der Waals surface area contributed by atoms with Gasteiger partial charge in [0.1, 0.15) is 10.6 Å². The van der Waals surface area contributed by atoms with Gasteiger partial charge in [0, 0.05) is 18.2 Å². The Labute approximate surface area is 199 Å². The molecule has 2 N–H and O–H groups in total. The Hall–Kier alpha value is -3.38. The van der Waals surface area contributed by atoms with Gasteiger partial charge in [0.05, 0.1) is 37.4 Å². The van der Waals surface area contributed by atoms with Crippen molar-refractivity contribution in [1.29, 1.82) is 5.26 Å². The predicted molar refractivity (Wildman–Crippen MR) is 129 cm³/mol. The highest BCUT2D eigenvalue weighted by atomic mass is 32.2. The number of nitrogens with zero attached hydrogens (tertiary/aromatic N) is 2. The minimum absolute atomic E-state index is 0.0711. The molecule has 174 valence electrons. The normalized spacial score (nSPS) is 21.7. The maximum atomic E-state index is 13.8. The minimum Gasteiger partial charge on any atom is -0.495 e. The van der Waals surface area contributed by atoms with Crippen LogP contribution >= 0.6 is 0 Å². The van der Waals surface area contributed by atoms with Crippen LogP contribution in [0.3, 0.4) is 0 Å². The van der Waals surface area contributed by atoms with E-state index in [0.29, 0.717) is 24.3 Å². The summed E-state index contributed by atoms with van der Waals surface area (Å²) in [5.74, 6) is 0.239. The van der Waals surface area contributed by atoms with E-state index >= 15 is 0 Å². The Morgan fingerprint density at radius 3 is 2.56 bits per heavy atom. The molecule has 0 aliphatic carbocycles. The van der Waals surface area contributed by atoms with Gasteiger partial charge in [0.25, 0.3) is 0 Å². The van der Waals surface area contributed by atoms with Gasteiger partial charge < -0.3 is 15.2 Å². The average Bonchev–Trinajstić information content (AvgIpc) is 3.34. The quantitative estimate of drug-likeness (QED) is 0.582. The summed E-state index contributed by atoms with van der Waals surface area (Å²) in [5, 5.41) is 22.6. The predicted octanol–water partition coefficient (Wildman–Crippen LogP) is 3.77. The molecule has 34 heavy (non-hydrogen) atoms. The average molecular weight is 476 g/mol. The molecule has 0 unspecified atom stereocenters. The third kappa shape index (κ3) is 3.62. The molecule has 3 aromatic carbocycles. The fourth-order valence-corrected chi connectivity index (χ4v) is 6.99. The van der Waals surface area contributed by atoms with Gasteiger partial charge in [-0.15, -0.1) is 0 Å². The summed E-state index contributed by atoms with van der Waals surface area (Å²) >= 11 is 0. The lowest BCUT2D eigenvalue weighted by molar-refractivity contribution is 0.210. The van der Waals surface area contributed by atoms with E-state index in [4.69, 9.17) is 10.00 Å². The van der Waals surface area contributed by atoms with E-state index < -0.39 is 16.1 Å². The second-order valence-corrected chi connectivity index (χ2v) is 10.4. The zero-order valence-corrected chi connectivity index (χ0v) is 19.5. The number of rotatable bonds is 5. The molecule has 0 aromatic heterocycles. The SMILES string of the molecule is COc1ccccc1S(=O)(=O)N1CC[C@@H]2[C@H]1c1cc(-c3ccc(C#N)cc3)ccc1N[C@@H]2CO. The fraction of sp³-hybridized carbons (Fsp3) is 0.269. The minimum atomic E-state index is -3.85. The number of sulfonamides is 1. The lowest BCUT2D eigenvalue weighted by Gasteiger charge is -2.39. The van der Waals surface area contributed by atoms with Crippen LogP contribution in [0.4, 0.5) is 5.69 Å². The monoisotopic (exact) mass is 475 g/mol. The molecule has 2 heterocycles. The van der Waals surface area contributed by atoms with Gasteiger partial charge in [-0.05, 0) is 59.5 Å². The van der Waals surface area contributed by atoms with Crippen LogP contribution in [0.5, 0.6) is 5.75 Å². The molecule has 5 rings (SSSR count). The maximum Gasteiger partial charge on any atom is 0.247 e. The first-order chi connectivity index (χ1) is 16.5. The number of anilines is 1. The van der Waals surface area contributed by atoms with Crippen LogP contribution < -0.4 is 10.1 Å². The zero-order valence-electron chi connectivity index (χ0n) is 18.7. The van der Waals surface area contributed by atoms with Crippen molar-refractivity contribution in [3.8, 4) is 22.9 Å². The first kappa shape index (κ1) is 22.4. The number of para-hydroxylation sites is 1. The molecule has 0 amide bonds. The third-order valence-electron chi connectivity index (χ3n) is 6.83. The Kier molecular flexibility index (Phi) is 5.78. The summed E-state index contributed by atoms with van der Waals surface area (Å²) in [5.41, 5.74) is 4.17. The molecular formula is C26H25N3O4S. The molecule has 0 bridgehead atoms. The highest BCUT2D eigenvalue weighted by Crippen LogP contribution is 2.49. The number of benzene rings is 3. The number of hydrogen-bond acceptors (Lipinski definition) is 6. The van der Waals surface area contributed by atoms with Gasteiger partial charge in [-0.3, -0.25) is 0 Å². The van der Waals surface area contributed by atoms with Crippen LogP contribution in [0, 0.1) is 17.2 Å². The van der Waals surface area contributed by atoms with E-state index in [2.05, 4.69) is 11.4 Å². The van der Waals surface area contributed by atoms with Crippen LogP contribution in [0.25, 0.3) is 11.1 Å². The summed E-state index contributed by atoms with van der Waals surface area (Å²) in [6.07, 6.45) is 0.637. The van der Waals surface area contributed by atoms with Crippen molar-refractivity contribution >= 4 is 15.7 Å². The van der Waals surface area contributed by atoms with Crippen LogP contribution in [0.15, 0.2) is 71.6 Å². The zero-order chi connectivity index (χ0) is 23.9. The number of nitriles is 1. The van der Waals surface area contributed by atoms with E-state index in [0.717, 1.165) is 22.4 Å². The number of hydrogen-bond donors (Lipinski definition) is 2. The summed E-state index contributed by atoms with van der Waals surface area (Å²) in [6.45, 7) is 0.273. The number of aliphatic hydroxyl groups excluding tert-OH is 1. The van der Waals surface area contributed by atoms with Crippen LogP contribution in [0.2, 0.25) is 0 Å². The molecule has 1 fully saturated rings. The molecule has 8 heteroatoms. The Morgan fingerprint density at radius 1 is 1.12 bits per heavy atom. The molecule has 1 saturated heterocycles. The lowest BCUT2D eigenvalue weighted by Crippen LogP contribution is -2.42. The van der Waals surface area contributed by atoms with E-state index in [-0.39, 0.29) is 23.5 Å². The van der Waals surface area contributed by atoms with Gasteiger partial charge in [-0.25, -0.2) is 8.42 Å². The molecule has 0 radical (unpaired) electrons. The van der Waals surface area contributed by atoms with Crippen LogP contribution in [-0.2, 0) is 10.0 Å². The van der Waals surface area contributed by atoms with E-state index in [1.54, 1.807) is 40.7 Å². The number of methoxy groups -OCH3 is 1. The second kappa shape index (κ2) is 8.76. The third-order valence-corrected chi connectivity index (χ3v) is 8.75. The first-order valence-corrected chi connectivity index (χ1v) is 12.6. The van der Waals surface area contributed by atoms with Crippen molar-refractivity contribution in [2.45, 2.75) is 23.4 Å². The molecule has 7 nitrogen and oxygen atoms in total. The molecule has 3 atom stereocenters. The summed E-state index contributed by atoms with van der Waals surface area (Å²) in [6, 6.07) is 21.4. The number of ether oxygens (including phenoxy) is 1. The van der Waals surface area contributed by atoms with Gasteiger partial charge in [0.15, 0.2) is 0 Å². The Bertz CT molecular complexity index is 1370. The molecule has 0 saturated carbocycles. The molecule has 2 aliphatic heterocycles. The largest absolute Gasteiger partial charge is 0.495 e. The van der Waals surface area contributed by atoms with Crippen LogP contribution in [-0.4, -0.2) is 44.1 Å². The number of fused-ring (bicyclic) bond motifs is 3. The van der Waals surface area contributed by atoms with Crippen molar-refractivity contribution in [2.75, 3.05) is 25.6 Å². The molecular weight excluding hydrogens is 450 g/mol. The van der Waals surface area contributed by atoms with Gasteiger partial charge in [0.2, 0.25) is 10.0 Å². The van der Waals surface area contributed by atoms with Crippen molar-refractivity contribution in [1.82, 2.24) is 4.31 Å². The van der Waals surface area contributed by atoms with E-state index in [9.17, 15) is 13.5 Å². The van der Waals surface area contributed by atoms with Crippen molar-refractivity contribution in [2.24, 2.45) is 5.92 Å². The topological polar surface area (TPSA) is 103 Å². The van der Waals surface area contributed by atoms with Crippen molar-refractivity contribution in [3.05, 3.63) is 77.9 Å². The molecule has 0 spiro atoms. The van der Waals surface area contributed by atoms with E-state index in [1.807, 2.05) is 30.3 Å². The number of nitrogens with one attached hydrogen (secondary N) is 1. The van der Waals surface area contributed by atoms with E-state index in [1.165, 1.54) is 7.11 Å². The van der Waals surface area contributed by atoms with Crippen LogP contribution in [0.1, 0.15) is 23.6 Å². The highest BCUT2D eigenvalue weighted by molar-refractivity contribution is 7.89. The van der Waals surface area contributed by atoms with Crippen molar-refractivity contribution in [3.63, 3.8) is 0 Å². The van der Waals surface area contributed by atoms with Crippen molar-refractivity contribution < 1.29 is 18.3 Å². The standard InChI is InChI=1S/C26H25N3O4S/c1-33-24-4-2-3-5-25(24)34(31,32)29-13-12-20-23(16-30)28-22-11-10-19(14-21(22)26(20)29)18-8-6-17(15-27)7-9-18/h2-11,14,20,23,26,28,30H,12-13,16H2,1H3/t20-,23+,26-/m0/s1. The van der Waals surface area contributed by atoms with Gasteiger partial charge >= 0.3 is 0 Å². The second-order valence-electron chi connectivity index (χ2n) is 8.59. The summed E-state index contributed by atoms with van der Waals surface area (Å²) in [7, 11) is -2.38. The first-order valence-electron chi connectivity index (χ1n) is 11.1. The Morgan fingerprint density at radius 2 is 1.85 bits per heavy atom. The summed E-state index contributed by atoms with van der Waals surface area (Å²) < 4.78 is 34.6. The fourth-order valence-electron chi connectivity index (χ4n) is 5.17. The number of aliphatic hydroxyl groups is 1. The highest BCUT2D eigenvalue weighted by Gasteiger charge is 2.49. The van der Waals surface area contributed by atoms with Gasteiger partial charge in [-0.2, -0.15) is 9.57 Å². The Balaban J connectivity index is 1.61. The lowest BCUT2D eigenvalue weighted by atomic mass is 9.82. The smallest absolute Gasteiger partial charge is 0.247 e. The summed E-state index contributed by atoms with van der Waals surface area (Å²) in [4.78, 5) is 0.141.